The van der Waals surface area contributed by atoms with Crippen LogP contribution in [0.2, 0.25) is 0 Å². The van der Waals surface area contributed by atoms with E-state index in [0.29, 0.717) is 11.4 Å². The largest absolute Gasteiger partial charge is 0.438 e. The number of pyridine rings is 2. The van der Waals surface area contributed by atoms with Crippen LogP contribution in [0.25, 0.3) is 77.5 Å². The third-order valence-electron chi connectivity index (χ3n) is 8.26. The van der Waals surface area contributed by atoms with Crippen molar-refractivity contribution in [2.24, 2.45) is 0 Å². The van der Waals surface area contributed by atoms with Crippen LogP contribution in [0.4, 0.5) is 0 Å². The molecule has 45 heavy (non-hydrogen) atoms. The van der Waals surface area contributed by atoms with Crippen LogP contribution in [0.3, 0.4) is 0 Å². The fraction of sp³-hybridized carbons (Fsp3) is 0. The second-order valence-electron chi connectivity index (χ2n) is 11.1. The Balaban J connectivity index is 1.00. The second-order valence-corrected chi connectivity index (χ2v) is 12.2. The zero-order valence-electron chi connectivity index (χ0n) is 24.0. The summed E-state index contributed by atoms with van der Waals surface area (Å²) >= 11 is 1.77. The average Bonchev–Trinajstić information content (AvgIpc) is 3.66. The first-order chi connectivity index (χ1) is 22.2. The van der Waals surface area contributed by atoms with Gasteiger partial charge in [-0.3, -0.25) is 0 Å². The highest BCUT2D eigenvalue weighted by Gasteiger charge is 2.12. The Morgan fingerprint density at radius 1 is 0.378 bits per heavy atom. The van der Waals surface area contributed by atoms with Crippen LogP contribution in [0.5, 0.6) is 0 Å². The molecule has 0 aliphatic heterocycles. The topological polar surface area (TPSA) is 52.1 Å². The van der Waals surface area contributed by atoms with Crippen molar-refractivity contribution < 1.29 is 8.83 Å². The van der Waals surface area contributed by atoms with E-state index in [1.165, 1.54) is 20.9 Å². The summed E-state index contributed by atoms with van der Waals surface area (Å²) in [7, 11) is 0. The molecule has 0 N–H and O–H groups in total. The van der Waals surface area contributed by atoms with Gasteiger partial charge in [-0.05, 0) is 112 Å². The molecule has 0 aliphatic carbocycles. The van der Waals surface area contributed by atoms with Crippen LogP contribution < -0.4 is 0 Å². The molecule has 0 aliphatic rings. The zero-order chi connectivity index (χ0) is 29.7. The van der Waals surface area contributed by atoms with Crippen molar-refractivity contribution in [1.82, 2.24) is 9.97 Å². The van der Waals surface area contributed by atoms with Crippen LogP contribution in [-0.4, -0.2) is 9.97 Å². The molecule has 5 aromatic carbocycles. The van der Waals surface area contributed by atoms with Gasteiger partial charge in [-0.1, -0.05) is 66.4 Å². The molecule has 0 unspecified atom stereocenters. The lowest BCUT2D eigenvalue weighted by atomic mass is 9.98. The Bertz CT molecular complexity index is 2550. The minimum Gasteiger partial charge on any atom is -0.438 e. The summed E-state index contributed by atoms with van der Waals surface area (Å²) in [5.41, 5.74) is 9.98. The number of furan rings is 2. The first-order valence-corrected chi connectivity index (χ1v) is 15.6. The number of nitrogens with zero attached hydrogens (tertiary/aromatic N) is 2. The molecule has 0 spiro atoms. The van der Waals surface area contributed by atoms with E-state index in [2.05, 4.69) is 125 Å². The van der Waals surface area contributed by atoms with Gasteiger partial charge in [0.25, 0.3) is 0 Å². The van der Waals surface area contributed by atoms with Gasteiger partial charge in [0, 0.05) is 43.7 Å². The molecule has 4 nitrogen and oxygen atoms in total. The standard InChI is InChI=1S/C40H24N2O2S/c1-6-25(20-26(7-1)29-15-17-37-36(23-29)35-13-5-19-42-40(35)43-37)27-8-2-10-31(21-27)45-32-11-3-9-28(22-32)30-14-16-33-34-12-4-18-41-39(34)44-38(33)24-30/h1-24H. The molecule has 212 valence electrons. The van der Waals surface area contributed by atoms with Crippen molar-refractivity contribution in [3.63, 3.8) is 0 Å². The lowest BCUT2D eigenvalue weighted by molar-refractivity contribution is 0.654. The number of hydrogen-bond acceptors (Lipinski definition) is 5. The van der Waals surface area contributed by atoms with Gasteiger partial charge in [-0.15, -0.1) is 0 Å². The van der Waals surface area contributed by atoms with Crippen molar-refractivity contribution in [2.45, 2.75) is 9.79 Å². The molecule has 0 saturated heterocycles. The highest BCUT2D eigenvalue weighted by atomic mass is 32.2. The molecule has 4 aromatic heterocycles. The smallest absolute Gasteiger partial charge is 0.227 e. The summed E-state index contributed by atoms with van der Waals surface area (Å²) in [6.45, 7) is 0. The summed E-state index contributed by atoms with van der Waals surface area (Å²) in [6, 6.07) is 46.9. The van der Waals surface area contributed by atoms with E-state index in [1.807, 2.05) is 18.2 Å². The van der Waals surface area contributed by atoms with Crippen molar-refractivity contribution in [2.75, 3.05) is 0 Å². The quantitative estimate of drug-likeness (QED) is 0.198. The van der Waals surface area contributed by atoms with Gasteiger partial charge in [0.05, 0.1) is 0 Å². The third kappa shape index (κ3) is 4.65. The summed E-state index contributed by atoms with van der Waals surface area (Å²) in [5.74, 6) is 0. The van der Waals surface area contributed by atoms with E-state index >= 15 is 0 Å². The van der Waals surface area contributed by atoms with Crippen LogP contribution in [0, 0.1) is 0 Å². The minimum absolute atomic E-state index is 0.670. The van der Waals surface area contributed by atoms with Crippen LogP contribution in [0.1, 0.15) is 0 Å². The molecule has 0 fully saturated rings. The Hall–Kier alpha value is -5.65. The average molecular weight is 597 g/mol. The van der Waals surface area contributed by atoms with Crippen molar-refractivity contribution >= 4 is 55.9 Å². The van der Waals surface area contributed by atoms with Gasteiger partial charge in [0.15, 0.2) is 0 Å². The summed E-state index contributed by atoms with van der Waals surface area (Å²) < 4.78 is 12.0. The van der Waals surface area contributed by atoms with Gasteiger partial charge >= 0.3 is 0 Å². The molecule has 0 radical (unpaired) electrons. The highest BCUT2D eigenvalue weighted by Crippen LogP contribution is 2.37. The van der Waals surface area contributed by atoms with Gasteiger partial charge < -0.3 is 8.83 Å². The SMILES string of the molecule is c1cc(Sc2cccc(-c3ccc4c(c3)oc3ncccc34)c2)cc(-c2cccc(-c3ccc4oc5ncccc5c4c3)c2)c1. The number of hydrogen-bond donors (Lipinski definition) is 0. The number of aromatic nitrogens is 2. The first-order valence-electron chi connectivity index (χ1n) is 14.8. The lowest BCUT2D eigenvalue weighted by Crippen LogP contribution is -1.83. The van der Waals surface area contributed by atoms with Crippen molar-refractivity contribution in [3.05, 3.63) is 146 Å². The molecular formula is C40H24N2O2S. The predicted octanol–water partition coefficient (Wildman–Crippen LogP) is 11.4. The van der Waals surface area contributed by atoms with Crippen molar-refractivity contribution in [3.8, 4) is 33.4 Å². The van der Waals surface area contributed by atoms with E-state index < -0.39 is 0 Å². The first kappa shape index (κ1) is 25.8. The van der Waals surface area contributed by atoms with E-state index in [4.69, 9.17) is 8.83 Å². The fourth-order valence-corrected chi connectivity index (χ4v) is 7.01. The number of benzene rings is 5. The van der Waals surface area contributed by atoms with Crippen LogP contribution in [0.15, 0.2) is 164 Å². The summed E-state index contributed by atoms with van der Waals surface area (Å²) in [6.07, 6.45) is 3.53. The van der Waals surface area contributed by atoms with E-state index in [9.17, 15) is 0 Å². The summed E-state index contributed by atoms with van der Waals surface area (Å²) in [5, 5.41) is 4.24. The Morgan fingerprint density at radius 3 is 1.60 bits per heavy atom. The maximum absolute atomic E-state index is 6.04. The Kier molecular flexibility index (Phi) is 6.03. The van der Waals surface area contributed by atoms with E-state index in [1.54, 1.807) is 24.2 Å². The van der Waals surface area contributed by atoms with Crippen LogP contribution in [-0.2, 0) is 0 Å². The minimum atomic E-state index is 0.670. The van der Waals surface area contributed by atoms with Gasteiger partial charge in [0.1, 0.15) is 11.2 Å². The fourth-order valence-electron chi connectivity index (χ4n) is 6.07. The summed E-state index contributed by atoms with van der Waals surface area (Å²) in [4.78, 5) is 11.1. The number of fused-ring (bicyclic) bond motifs is 6. The Labute approximate surface area is 263 Å². The van der Waals surface area contributed by atoms with E-state index in [-0.39, 0.29) is 0 Å². The van der Waals surface area contributed by atoms with E-state index in [0.717, 1.165) is 55.0 Å². The molecule has 9 aromatic rings. The van der Waals surface area contributed by atoms with Gasteiger partial charge in [-0.25, -0.2) is 9.97 Å². The molecule has 0 bridgehead atoms. The van der Waals surface area contributed by atoms with Gasteiger partial charge in [-0.2, -0.15) is 0 Å². The molecule has 5 heteroatoms. The molecular weight excluding hydrogens is 573 g/mol. The molecule has 9 rings (SSSR count). The van der Waals surface area contributed by atoms with Crippen molar-refractivity contribution in [1.29, 1.82) is 0 Å². The molecule has 0 atom stereocenters. The van der Waals surface area contributed by atoms with Gasteiger partial charge in [0.2, 0.25) is 11.4 Å². The third-order valence-corrected chi connectivity index (χ3v) is 9.24. The normalized spacial score (nSPS) is 11.6. The monoisotopic (exact) mass is 596 g/mol. The second kappa shape index (κ2) is 10.5. The molecule has 0 amide bonds. The van der Waals surface area contributed by atoms with Crippen LogP contribution >= 0.6 is 11.8 Å². The lowest BCUT2D eigenvalue weighted by Gasteiger charge is -2.09. The molecule has 4 heterocycles. The predicted molar refractivity (Wildman–Crippen MR) is 183 cm³/mol. The maximum Gasteiger partial charge on any atom is 0.227 e. The number of rotatable bonds is 5. The molecule has 0 saturated carbocycles. The highest BCUT2D eigenvalue weighted by molar-refractivity contribution is 7.99. The maximum atomic E-state index is 6.04. The zero-order valence-corrected chi connectivity index (χ0v) is 24.8. The Morgan fingerprint density at radius 2 is 0.911 bits per heavy atom.